The molecule has 0 bridgehead atoms. The molecular formula is C14H14O3. The van der Waals surface area contributed by atoms with Crippen LogP contribution in [0.3, 0.4) is 0 Å². The standard InChI is InChI=1S/C14H14O3/c1-2-9-5-11(7-12(15)6-9)10-3-4-13(16)14(17)8-10/h3-8,15-17H,2H2,1H3. The van der Waals surface area contributed by atoms with Gasteiger partial charge in [0.15, 0.2) is 11.5 Å². The fraction of sp³-hybridized carbons (Fsp3) is 0.143. The van der Waals surface area contributed by atoms with Gasteiger partial charge in [0.25, 0.3) is 0 Å². The molecule has 3 N–H and O–H groups in total. The maximum absolute atomic E-state index is 9.60. The van der Waals surface area contributed by atoms with Gasteiger partial charge >= 0.3 is 0 Å². The molecule has 3 heteroatoms. The zero-order chi connectivity index (χ0) is 12.4. The SMILES string of the molecule is CCc1cc(O)cc(-c2ccc(O)c(O)c2)c1. The van der Waals surface area contributed by atoms with E-state index < -0.39 is 0 Å². The number of benzene rings is 2. The lowest BCUT2D eigenvalue weighted by Crippen LogP contribution is -1.84. The molecule has 0 aromatic heterocycles. The number of hydrogen-bond acceptors (Lipinski definition) is 3. The van der Waals surface area contributed by atoms with Gasteiger partial charge in [-0.3, -0.25) is 0 Å². The van der Waals surface area contributed by atoms with Crippen molar-refractivity contribution in [3.63, 3.8) is 0 Å². The predicted molar refractivity (Wildman–Crippen MR) is 66.3 cm³/mol. The quantitative estimate of drug-likeness (QED) is 0.695. The topological polar surface area (TPSA) is 60.7 Å². The Balaban J connectivity index is 2.52. The highest BCUT2D eigenvalue weighted by Crippen LogP contribution is 2.32. The molecule has 3 nitrogen and oxygen atoms in total. The number of hydrogen-bond donors (Lipinski definition) is 3. The fourth-order valence-corrected chi connectivity index (χ4v) is 1.75. The van der Waals surface area contributed by atoms with Crippen LogP contribution in [0.4, 0.5) is 0 Å². The molecule has 0 aliphatic carbocycles. The first-order valence-corrected chi connectivity index (χ1v) is 5.45. The minimum atomic E-state index is -0.163. The lowest BCUT2D eigenvalue weighted by atomic mass is 10.0. The third-order valence-electron chi connectivity index (χ3n) is 2.69. The number of aromatic hydroxyl groups is 3. The van der Waals surface area contributed by atoms with Crippen molar-refractivity contribution in [2.75, 3.05) is 0 Å². The average molecular weight is 230 g/mol. The van der Waals surface area contributed by atoms with Crippen molar-refractivity contribution >= 4 is 0 Å². The minimum Gasteiger partial charge on any atom is -0.508 e. The minimum absolute atomic E-state index is 0.149. The second-order valence-electron chi connectivity index (χ2n) is 3.95. The van der Waals surface area contributed by atoms with Crippen molar-refractivity contribution < 1.29 is 15.3 Å². The first-order chi connectivity index (χ1) is 8.10. The van der Waals surface area contributed by atoms with Gasteiger partial charge in [-0.1, -0.05) is 19.1 Å². The Morgan fingerprint density at radius 1 is 0.824 bits per heavy atom. The Hall–Kier alpha value is -2.16. The van der Waals surface area contributed by atoms with Crippen LogP contribution in [0.25, 0.3) is 11.1 Å². The largest absolute Gasteiger partial charge is 0.508 e. The predicted octanol–water partition coefficient (Wildman–Crippen LogP) is 3.03. The van der Waals surface area contributed by atoms with Gasteiger partial charge < -0.3 is 15.3 Å². The highest BCUT2D eigenvalue weighted by atomic mass is 16.3. The third kappa shape index (κ3) is 2.33. The van der Waals surface area contributed by atoms with Gasteiger partial charge in [-0.2, -0.15) is 0 Å². The van der Waals surface area contributed by atoms with Crippen molar-refractivity contribution in [2.24, 2.45) is 0 Å². The van der Waals surface area contributed by atoms with Gasteiger partial charge in [0.2, 0.25) is 0 Å². The Morgan fingerprint density at radius 3 is 2.24 bits per heavy atom. The number of phenolic OH excluding ortho intramolecular Hbond substituents is 3. The van der Waals surface area contributed by atoms with Crippen LogP contribution in [0.2, 0.25) is 0 Å². The molecule has 2 aromatic carbocycles. The summed E-state index contributed by atoms with van der Waals surface area (Å²) in [6, 6.07) is 9.90. The van der Waals surface area contributed by atoms with E-state index in [1.54, 1.807) is 18.2 Å². The molecule has 0 aliphatic heterocycles. The van der Waals surface area contributed by atoms with Crippen LogP contribution < -0.4 is 0 Å². The molecule has 0 saturated heterocycles. The number of rotatable bonds is 2. The van der Waals surface area contributed by atoms with E-state index in [9.17, 15) is 15.3 Å². The van der Waals surface area contributed by atoms with Crippen LogP contribution >= 0.6 is 0 Å². The van der Waals surface area contributed by atoms with Crippen molar-refractivity contribution in [1.29, 1.82) is 0 Å². The summed E-state index contributed by atoms with van der Waals surface area (Å²) in [5.41, 5.74) is 2.59. The van der Waals surface area contributed by atoms with Crippen molar-refractivity contribution in [3.8, 4) is 28.4 Å². The monoisotopic (exact) mass is 230 g/mol. The molecule has 0 saturated carbocycles. The van der Waals surface area contributed by atoms with Gasteiger partial charge in [-0.15, -0.1) is 0 Å². The van der Waals surface area contributed by atoms with Gasteiger partial charge in [-0.05, 0) is 47.4 Å². The van der Waals surface area contributed by atoms with Crippen LogP contribution in [0.15, 0.2) is 36.4 Å². The summed E-state index contributed by atoms with van der Waals surface area (Å²) in [4.78, 5) is 0. The zero-order valence-corrected chi connectivity index (χ0v) is 9.51. The Bertz CT molecular complexity index is 547. The van der Waals surface area contributed by atoms with Gasteiger partial charge in [0.1, 0.15) is 5.75 Å². The number of phenols is 3. The van der Waals surface area contributed by atoms with E-state index in [0.29, 0.717) is 0 Å². The molecule has 0 fully saturated rings. The molecular weight excluding hydrogens is 216 g/mol. The second-order valence-corrected chi connectivity index (χ2v) is 3.95. The highest BCUT2D eigenvalue weighted by Gasteiger charge is 2.05. The van der Waals surface area contributed by atoms with Gasteiger partial charge in [0, 0.05) is 0 Å². The first-order valence-electron chi connectivity index (χ1n) is 5.45. The zero-order valence-electron chi connectivity index (χ0n) is 9.51. The average Bonchev–Trinajstić information content (AvgIpc) is 2.32. The molecule has 0 amide bonds. The van der Waals surface area contributed by atoms with E-state index in [4.69, 9.17) is 0 Å². The van der Waals surface area contributed by atoms with E-state index >= 15 is 0 Å². The lowest BCUT2D eigenvalue weighted by molar-refractivity contribution is 0.404. The van der Waals surface area contributed by atoms with Crippen LogP contribution in [-0.4, -0.2) is 15.3 Å². The summed E-state index contributed by atoms with van der Waals surface area (Å²) in [5.74, 6) is -0.111. The van der Waals surface area contributed by atoms with Crippen LogP contribution in [0, 0.1) is 0 Å². The first kappa shape index (κ1) is 11.3. The van der Waals surface area contributed by atoms with Crippen molar-refractivity contribution in [1.82, 2.24) is 0 Å². The van der Waals surface area contributed by atoms with Crippen molar-refractivity contribution in [2.45, 2.75) is 13.3 Å². The lowest BCUT2D eigenvalue weighted by Gasteiger charge is -2.07. The summed E-state index contributed by atoms with van der Waals surface area (Å²) >= 11 is 0. The molecule has 0 radical (unpaired) electrons. The summed E-state index contributed by atoms with van der Waals surface area (Å²) in [7, 11) is 0. The normalized spacial score (nSPS) is 10.4. The van der Waals surface area contributed by atoms with Gasteiger partial charge in [0.05, 0.1) is 0 Å². The van der Waals surface area contributed by atoms with Crippen LogP contribution in [-0.2, 0) is 6.42 Å². The Kier molecular flexibility index (Phi) is 2.91. The summed E-state index contributed by atoms with van der Waals surface area (Å²) in [5, 5.41) is 28.3. The molecule has 0 aliphatic rings. The maximum atomic E-state index is 9.60. The summed E-state index contributed by atoms with van der Waals surface area (Å²) in [6.45, 7) is 2.01. The summed E-state index contributed by atoms with van der Waals surface area (Å²) < 4.78 is 0. The molecule has 0 heterocycles. The second kappa shape index (κ2) is 4.37. The van der Waals surface area contributed by atoms with Gasteiger partial charge in [-0.25, -0.2) is 0 Å². The fourth-order valence-electron chi connectivity index (χ4n) is 1.75. The van der Waals surface area contributed by atoms with E-state index in [1.165, 1.54) is 12.1 Å². The highest BCUT2D eigenvalue weighted by molar-refractivity contribution is 5.68. The Morgan fingerprint density at radius 2 is 1.59 bits per heavy atom. The Labute approximate surface area is 99.6 Å². The van der Waals surface area contributed by atoms with E-state index in [1.807, 2.05) is 13.0 Å². The molecule has 88 valence electrons. The van der Waals surface area contributed by atoms with E-state index in [-0.39, 0.29) is 17.2 Å². The molecule has 0 spiro atoms. The molecule has 2 aromatic rings. The molecule has 0 unspecified atom stereocenters. The van der Waals surface area contributed by atoms with Crippen LogP contribution in [0.1, 0.15) is 12.5 Å². The van der Waals surface area contributed by atoms with E-state index in [0.717, 1.165) is 23.1 Å². The van der Waals surface area contributed by atoms with Crippen molar-refractivity contribution in [3.05, 3.63) is 42.0 Å². The third-order valence-corrected chi connectivity index (χ3v) is 2.69. The van der Waals surface area contributed by atoms with Crippen LogP contribution in [0.5, 0.6) is 17.2 Å². The molecule has 2 rings (SSSR count). The smallest absolute Gasteiger partial charge is 0.158 e. The molecule has 17 heavy (non-hydrogen) atoms. The molecule has 0 atom stereocenters. The maximum Gasteiger partial charge on any atom is 0.158 e. The van der Waals surface area contributed by atoms with E-state index in [2.05, 4.69) is 0 Å². The number of aryl methyl sites for hydroxylation is 1. The summed E-state index contributed by atoms with van der Waals surface area (Å²) in [6.07, 6.45) is 0.825.